The topological polar surface area (TPSA) is 84.1 Å². The smallest absolute Gasteiger partial charge is 0.223 e. The van der Waals surface area contributed by atoms with Gasteiger partial charge in [-0.05, 0) is 12.8 Å². The van der Waals surface area contributed by atoms with Gasteiger partial charge < -0.3 is 16.2 Å². The molecule has 4 N–H and O–H groups in total. The van der Waals surface area contributed by atoms with Gasteiger partial charge in [-0.3, -0.25) is 0 Å². The number of nitrogens with zero attached hydrogens (tertiary/aromatic N) is 2. The molecule has 0 radical (unpaired) electrons. The summed E-state index contributed by atoms with van der Waals surface area (Å²) < 4.78 is 0. The molecule has 0 spiro atoms. The van der Waals surface area contributed by atoms with Gasteiger partial charge in [-0.2, -0.15) is 4.98 Å². The van der Waals surface area contributed by atoms with Gasteiger partial charge >= 0.3 is 0 Å². The highest BCUT2D eigenvalue weighted by Gasteiger charge is 2.24. The Morgan fingerprint density at radius 2 is 2.19 bits per heavy atom. The third kappa shape index (κ3) is 3.50. The summed E-state index contributed by atoms with van der Waals surface area (Å²) in [6.07, 6.45) is 0. The number of hydrogen-bond acceptors (Lipinski definition) is 5. The second-order valence-corrected chi connectivity index (χ2v) is 4.69. The molecule has 0 aliphatic carbocycles. The molecular formula is C10H17ClN4O. The lowest BCUT2D eigenvalue weighted by atomic mass is 9.93. The van der Waals surface area contributed by atoms with Crippen LogP contribution in [0.1, 0.15) is 20.8 Å². The highest BCUT2D eigenvalue weighted by Crippen LogP contribution is 2.18. The Hall–Kier alpha value is -1.07. The van der Waals surface area contributed by atoms with Crippen molar-refractivity contribution in [3.63, 3.8) is 0 Å². The molecule has 1 atom stereocenters. The molecule has 6 heteroatoms. The van der Waals surface area contributed by atoms with Crippen molar-refractivity contribution in [2.24, 2.45) is 5.92 Å². The summed E-state index contributed by atoms with van der Waals surface area (Å²) in [5, 5.41) is 13.3. The summed E-state index contributed by atoms with van der Waals surface area (Å²) in [4.78, 5) is 7.70. The monoisotopic (exact) mass is 244 g/mol. The van der Waals surface area contributed by atoms with Gasteiger partial charge in [0.1, 0.15) is 11.0 Å². The van der Waals surface area contributed by atoms with Crippen molar-refractivity contribution in [3.8, 4) is 0 Å². The molecule has 0 saturated heterocycles. The van der Waals surface area contributed by atoms with E-state index >= 15 is 0 Å². The Balaban J connectivity index is 2.68. The van der Waals surface area contributed by atoms with Crippen LogP contribution in [0.15, 0.2) is 6.07 Å². The van der Waals surface area contributed by atoms with E-state index in [-0.39, 0.29) is 17.0 Å². The first-order valence-electron chi connectivity index (χ1n) is 5.07. The van der Waals surface area contributed by atoms with Gasteiger partial charge in [0.05, 0.1) is 5.60 Å². The van der Waals surface area contributed by atoms with Crippen LogP contribution in [0.25, 0.3) is 0 Å². The molecule has 90 valence electrons. The fraction of sp³-hybridized carbons (Fsp3) is 0.600. The van der Waals surface area contributed by atoms with Crippen molar-refractivity contribution in [1.29, 1.82) is 0 Å². The van der Waals surface area contributed by atoms with E-state index in [9.17, 15) is 5.11 Å². The summed E-state index contributed by atoms with van der Waals surface area (Å²) in [6, 6.07) is 1.56. The maximum atomic E-state index is 10.0. The second-order valence-electron chi connectivity index (χ2n) is 4.30. The molecule has 1 unspecified atom stereocenters. The molecule has 0 aromatic carbocycles. The average Bonchev–Trinajstić information content (AvgIpc) is 2.13. The summed E-state index contributed by atoms with van der Waals surface area (Å²) >= 11 is 5.73. The van der Waals surface area contributed by atoms with E-state index in [0.29, 0.717) is 12.4 Å². The minimum absolute atomic E-state index is 0.110. The maximum Gasteiger partial charge on any atom is 0.223 e. The molecule has 1 aromatic heterocycles. The number of nitrogen functional groups attached to an aromatic ring is 1. The second kappa shape index (κ2) is 4.84. The summed E-state index contributed by atoms with van der Waals surface area (Å²) in [5.41, 5.74) is 4.64. The highest BCUT2D eigenvalue weighted by molar-refractivity contribution is 6.29. The van der Waals surface area contributed by atoms with Crippen molar-refractivity contribution < 1.29 is 5.11 Å². The molecule has 0 aliphatic heterocycles. The van der Waals surface area contributed by atoms with E-state index in [1.807, 2.05) is 13.8 Å². The molecule has 1 rings (SSSR count). The molecule has 1 heterocycles. The quantitative estimate of drug-likeness (QED) is 0.700. The van der Waals surface area contributed by atoms with Gasteiger partial charge in [-0.15, -0.1) is 0 Å². The van der Waals surface area contributed by atoms with E-state index in [4.69, 9.17) is 17.3 Å². The fourth-order valence-corrected chi connectivity index (χ4v) is 1.19. The van der Waals surface area contributed by atoms with Crippen LogP contribution < -0.4 is 11.1 Å². The highest BCUT2D eigenvalue weighted by atomic mass is 35.5. The maximum absolute atomic E-state index is 10.0. The van der Waals surface area contributed by atoms with E-state index in [2.05, 4.69) is 15.3 Å². The standard InChI is InChI=1S/C10H17ClN4O/c1-6(2)10(3,16)5-13-8-4-7(11)14-9(12)15-8/h4,6,16H,5H2,1-3H3,(H3,12,13,14,15). The van der Waals surface area contributed by atoms with E-state index in [1.54, 1.807) is 13.0 Å². The SMILES string of the molecule is CC(C)C(C)(O)CNc1cc(Cl)nc(N)n1. The number of nitrogens with two attached hydrogens (primary N) is 1. The van der Waals surface area contributed by atoms with E-state index < -0.39 is 5.60 Å². The Kier molecular flexibility index (Phi) is 3.93. The number of anilines is 2. The third-order valence-corrected chi connectivity index (χ3v) is 2.78. The van der Waals surface area contributed by atoms with Crippen LogP contribution in [0.2, 0.25) is 5.15 Å². The molecule has 0 bridgehead atoms. The van der Waals surface area contributed by atoms with Gasteiger partial charge in [-0.25, -0.2) is 4.98 Å². The van der Waals surface area contributed by atoms with Gasteiger partial charge in [0.2, 0.25) is 5.95 Å². The fourth-order valence-electron chi connectivity index (χ4n) is 0.999. The predicted octanol–water partition coefficient (Wildman–Crippen LogP) is 1.53. The third-order valence-electron chi connectivity index (χ3n) is 2.58. The van der Waals surface area contributed by atoms with Crippen LogP contribution in [-0.2, 0) is 0 Å². The molecule has 1 aromatic rings. The van der Waals surface area contributed by atoms with Crippen molar-refractivity contribution in [2.45, 2.75) is 26.4 Å². The van der Waals surface area contributed by atoms with Crippen LogP contribution in [0.4, 0.5) is 11.8 Å². The Morgan fingerprint density at radius 3 is 2.69 bits per heavy atom. The van der Waals surface area contributed by atoms with Gasteiger partial charge in [-0.1, -0.05) is 25.4 Å². The van der Waals surface area contributed by atoms with Crippen LogP contribution in [0.5, 0.6) is 0 Å². The molecular weight excluding hydrogens is 228 g/mol. The van der Waals surface area contributed by atoms with Crippen molar-refractivity contribution >= 4 is 23.4 Å². The normalized spacial score (nSPS) is 14.9. The zero-order chi connectivity index (χ0) is 12.3. The lowest BCUT2D eigenvalue weighted by Gasteiger charge is -2.28. The first-order valence-corrected chi connectivity index (χ1v) is 5.45. The number of hydrogen-bond donors (Lipinski definition) is 3. The Labute approximate surface area is 100 Å². The first kappa shape index (κ1) is 13.0. The zero-order valence-corrected chi connectivity index (χ0v) is 10.4. The number of aliphatic hydroxyl groups is 1. The van der Waals surface area contributed by atoms with Crippen LogP contribution in [0, 0.1) is 5.92 Å². The minimum atomic E-state index is -0.813. The molecule has 0 fully saturated rings. The lowest BCUT2D eigenvalue weighted by Crippen LogP contribution is -2.38. The summed E-state index contributed by atoms with van der Waals surface area (Å²) in [7, 11) is 0. The first-order chi connectivity index (χ1) is 7.31. The van der Waals surface area contributed by atoms with Crippen LogP contribution in [-0.4, -0.2) is 27.2 Å². The van der Waals surface area contributed by atoms with Gasteiger partial charge in [0.15, 0.2) is 0 Å². The van der Waals surface area contributed by atoms with Gasteiger partial charge in [0.25, 0.3) is 0 Å². The van der Waals surface area contributed by atoms with Crippen molar-refractivity contribution in [1.82, 2.24) is 9.97 Å². The van der Waals surface area contributed by atoms with Gasteiger partial charge in [0, 0.05) is 12.6 Å². The molecule has 0 amide bonds. The van der Waals surface area contributed by atoms with Crippen LogP contribution in [0.3, 0.4) is 0 Å². The van der Waals surface area contributed by atoms with Crippen LogP contribution >= 0.6 is 11.6 Å². The van der Waals surface area contributed by atoms with E-state index in [0.717, 1.165) is 0 Å². The number of aromatic nitrogens is 2. The molecule has 16 heavy (non-hydrogen) atoms. The summed E-state index contributed by atoms with van der Waals surface area (Å²) in [6.45, 7) is 6.03. The Morgan fingerprint density at radius 1 is 1.56 bits per heavy atom. The van der Waals surface area contributed by atoms with E-state index in [1.165, 1.54) is 0 Å². The molecule has 0 saturated carbocycles. The largest absolute Gasteiger partial charge is 0.388 e. The number of nitrogens with one attached hydrogen (secondary N) is 1. The molecule has 5 nitrogen and oxygen atoms in total. The number of rotatable bonds is 4. The lowest BCUT2D eigenvalue weighted by molar-refractivity contribution is 0.0265. The summed E-state index contributed by atoms with van der Waals surface area (Å²) in [5.74, 6) is 0.757. The average molecular weight is 245 g/mol. The minimum Gasteiger partial charge on any atom is -0.388 e. The predicted molar refractivity (Wildman–Crippen MR) is 65.4 cm³/mol. The van der Waals surface area contributed by atoms with Crippen molar-refractivity contribution in [2.75, 3.05) is 17.6 Å². The zero-order valence-electron chi connectivity index (χ0n) is 9.66. The van der Waals surface area contributed by atoms with Crippen molar-refractivity contribution in [3.05, 3.63) is 11.2 Å². The molecule has 0 aliphatic rings. The Bertz CT molecular complexity index is 348. The number of halogens is 1.